The average Bonchev–Trinajstić information content (AvgIpc) is 2.59. The normalized spacial score (nSPS) is 10.0. The van der Waals surface area contributed by atoms with E-state index in [1.165, 1.54) is 0 Å². The van der Waals surface area contributed by atoms with Gasteiger partial charge in [-0.1, -0.05) is 5.21 Å². The van der Waals surface area contributed by atoms with Gasteiger partial charge in [0.25, 0.3) is 0 Å². The molecule has 2 N–H and O–H groups in total. The summed E-state index contributed by atoms with van der Waals surface area (Å²) in [5.74, 6) is 0.588. The molecule has 0 aliphatic heterocycles. The highest BCUT2D eigenvalue weighted by Crippen LogP contribution is 2.04. The molecule has 6 nitrogen and oxygen atoms in total. The lowest BCUT2D eigenvalue weighted by molar-refractivity contribution is 0.938. The van der Waals surface area contributed by atoms with Crippen LogP contribution in [0.2, 0.25) is 0 Å². The van der Waals surface area contributed by atoms with Gasteiger partial charge in [-0.25, -0.2) is 4.98 Å². The minimum atomic E-state index is 0.588. The van der Waals surface area contributed by atoms with Crippen LogP contribution in [0.1, 0.15) is 0 Å². The van der Waals surface area contributed by atoms with E-state index in [0.717, 1.165) is 0 Å². The Kier molecular flexibility index (Phi) is 0.970. The molecule has 0 spiro atoms. The van der Waals surface area contributed by atoms with Gasteiger partial charge in [0.05, 0.1) is 6.20 Å². The predicted octanol–water partition coefficient (Wildman–Crippen LogP) is -0.610. The third-order valence-electron chi connectivity index (χ3n) is 1.04. The van der Waals surface area contributed by atoms with Gasteiger partial charge in [0, 0.05) is 0 Å². The molecule has 2 aromatic heterocycles. The van der Waals surface area contributed by atoms with Gasteiger partial charge in [-0.3, -0.25) is 10.2 Å². The molecule has 0 saturated carbocycles. The zero-order valence-electron chi connectivity index (χ0n) is 4.87. The van der Waals surface area contributed by atoms with Gasteiger partial charge in [-0.15, -0.1) is 10.2 Å². The highest BCUT2D eigenvalue weighted by molar-refractivity contribution is 5.44. The molecule has 10 heavy (non-hydrogen) atoms. The van der Waals surface area contributed by atoms with E-state index in [4.69, 9.17) is 0 Å². The van der Waals surface area contributed by atoms with E-state index in [1.807, 2.05) is 0 Å². The van der Waals surface area contributed by atoms with Crippen LogP contribution >= 0.6 is 0 Å². The van der Waals surface area contributed by atoms with Crippen molar-refractivity contribution in [3.63, 3.8) is 0 Å². The molecule has 0 aliphatic carbocycles. The van der Waals surface area contributed by atoms with Crippen molar-refractivity contribution in [2.75, 3.05) is 0 Å². The predicted molar refractivity (Wildman–Crippen MR) is 30.6 cm³/mol. The second kappa shape index (κ2) is 1.90. The minimum absolute atomic E-state index is 0.588. The van der Waals surface area contributed by atoms with Crippen molar-refractivity contribution in [2.45, 2.75) is 0 Å². The van der Waals surface area contributed by atoms with Crippen LogP contribution in [0.3, 0.4) is 0 Å². The molecule has 2 heterocycles. The smallest absolute Gasteiger partial charge is 0.221 e. The Morgan fingerprint density at radius 1 is 1.40 bits per heavy atom. The van der Waals surface area contributed by atoms with Gasteiger partial charge in [-0.05, 0) is 0 Å². The molecular weight excluding hydrogens is 132 g/mol. The fraction of sp³-hybridized carbons (Fsp3) is 0. The van der Waals surface area contributed by atoms with Crippen LogP contribution in [0.15, 0.2) is 6.20 Å². The van der Waals surface area contributed by atoms with Crippen molar-refractivity contribution in [1.82, 2.24) is 30.6 Å². The molecule has 1 radical (unpaired) electrons. The maximum Gasteiger partial charge on any atom is 0.221 e. The van der Waals surface area contributed by atoms with Crippen LogP contribution in [0, 0.1) is 6.33 Å². The van der Waals surface area contributed by atoms with Crippen molar-refractivity contribution in [2.24, 2.45) is 0 Å². The number of hydrogen-bond acceptors (Lipinski definition) is 4. The first-order valence-electron chi connectivity index (χ1n) is 2.61. The lowest BCUT2D eigenvalue weighted by atomic mass is 10.5. The van der Waals surface area contributed by atoms with E-state index in [9.17, 15) is 0 Å². The molecule has 49 valence electrons. The van der Waals surface area contributed by atoms with Crippen LogP contribution < -0.4 is 0 Å². The fourth-order valence-corrected chi connectivity index (χ4v) is 0.611. The Labute approximate surface area is 55.7 Å². The summed E-state index contributed by atoms with van der Waals surface area (Å²) in [5, 5.41) is 15.9. The Morgan fingerprint density at radius 2 is 2.40 bits per heavy atom. The Hall–Kier alpha value is -1.72. The third kappa shape index (κ3) is 0.661. The third-order valence-corrected chi connectivity index (χ3v) is 1.04. The SMILES string of the molecule is [c]1n[nH]c(-c2cnn[nH]2)n1. The Bertz CT molecular complexity index is 249. The summed E-state index contributed by atoms with van der Waals surface area (Å²) in [7, 11) is 0. The molecule has 0 saturated heterocycles. The summed E-state index contributed by atoms with van der Waals surface area (Å²) >= 11 is 0. The number of aromatic nitrogens is 6. The zero-order chi connectivity index (χ0) is 6.81. The highest BCUT2D eigenvalue weighted by atomic mass is 15.3. The van der Waals surface area contributed by atoms with Gasteiger partial charge < -0.3 is 0 Å². The molecule has 6 heteroatoms. The lowest BCUT2D eigenvalue weighted by Crippen LogP contribution is -1.79. The topological polar surface area (TPSA) is 83.1 Å². The maximum atomic E-state index is 3.76. The van der Waals surface area contributed by atoms with Crippen LogP contribution in [-0.4, -0.2) is 30.6 Å². The number of nitrogens with one attached hydrogen (secondary N) is 2. The van der Waals surface area contributed by atoms with E-state index in [-0.39, 0.29) is 0 Å². The van der Waals surface area contributed by atoms with E-state index in [1.54, 1.807) is 6.20 Å². The fourth-order valence-electron chi connectivity index (χ4n) is 0.611. The molecule has 0 aliphatic rings. The average molecular weight is 135 g/mol. The number of hydrogen-bond donors (Lipinski definition) is 2. The van der Waals surface area contributed by atoms with E-state index < -0.39 is 0 Å². The number of nitrogens with zero attached hydrogens (tertiary/aromatic N) is 4. The molecule has 0 bridgehead atoms. The summed E-state index contributed by atoms with van der Waals surface area (Å²) in [6, 6.07) is 0. The van der Waals surface area contributed by atoms with Crippen molar-refractivity contribution in [3.05, 3.63) is 12.5 Å². The summed E-state index contributed by atoms with van der Waals surface area (Å²) in [6.45, 7) is 0. The number of H-pyrrole nitrogens is 2. The first-order chi connectivity index (χ1) is 4.97. The molecule has 0 aromatic carbocycles. The van der Waals surface area contributed by atoms with Crippen molar-refractivity contribution in [3.8, 4) is 11.5 Å². The second-order valence-corrected chi connectivity index (χ2v) is 1.65. The van der Waals surface area contributed by atoms with E-state index in [0.29, 0.717) is 11.5 Å². The molecule has 2 aromatic rings. The van der Waals surface area contributed by atoms with Crippen molar-refractivity contribution < 1.29 is 0 Å². The molecule has 0 fully saturated rings. The van der Waals surface area contributed by atoms with Crippen LogP contribution in [-0.2, 0) is 0 Å². The van der Waals surface area contributed by atoms with E-state index >= 15 is 0 Å². The summed E-state index contributed by atoms with van der Waals surface area (Å²) in [5.41, 5.74) is 0.703. The number of rotatable bonds is 1. The first-order valence-corrected chi connectivity index (χ1v) is 2.61. The van der Waals surface area contributed by atoms with Gasteiger partial charge in [0.15, 0.2) is 5.82 Å². The van der Waals surface area contributed by atoms with Crippen LogP contribution in [0.25, 0.3) is 11.5 Å². The Morgan fingerprint density at radius 3 is 3.00 bits per heavy atom. The molecule has 0 amide bonds. The monoisotopic (exact) mass is 135 g/mol. The van der Waals surface area contributed by atoms with Gasteiger partial charge in [0.2, 0.25) is 6.33 Å². The quantitative estimate of drug-likeness (QED) is 0.546. The van der Waals surface area contributed by atoms with Gasteiger partial charge in [0.1, 0.15) is 5.69 Å². The molecular formula is C4H3N6. The Balaban J connectivity index is 2.48. The van der Waals surface area contributed by atoms with E-state index in [2.05, 4.69) is 36.9 Å². The zero-order valence-corrected chi connectivity index (χ0v) is 4.87. The van der Waals surface area contributed by atoms with Crippen LogP contribution in [0.4, 0.5) is 0 Å². The van der Waals surface area contributed by atoms with Gasteiger partial charge in [-0.2, -0.15) is 0 Å². The highest BCUT2D eigenvalue weighted by Gasteiger charge is 2.00. The molecule has 0 atom stereocenters. The number of aromatic amines is 2. The largest absolute Gasteiger partial charge is 0.257 e. The maximum absolute atomic E-state index is 3.76. The standard InChI is InChI=1S/C4H3N6/c1-3(8-10-6-1)4-5-2-7-9-4/h1H,(H,5,7,9)(H,6,8,10). The summed E-state index contributed by atoms with van der Waals surface area (Å²) in [6.07, 6.45) is 3.94. The molecule has 2 rings (SSSR count). The van der Waals surface area contributed by atoms with Crippen LogP contribution in [0.5, 0.6) is 0 Å². The minimum Gasteiger partial charge on any atom is -0.257 e. The lowest BCUT2D eigenvalue weighted by Gasteiger charge is -1.82. The molecule has 0 unspecified atom stereocenters. The summed E-state index contributed by atoms with van der Waals surface area (Å²) in [4.78, 5) is 3.76. The second-order valence-electron chi connectivity index (χ2n) is 1.65. The summed E-state index contributed by atoms with van der Waals surface area (Å²) < 4.78 is 0. The van der Waals surface area contributed by atoms with Gasteiger partial charge >= 0.3 is 0 Å². The van der Waals surface area contributed by atoms with Crippen molar-refractivity contribution in [1.29, 1.82) is 0 Å². The van der Waals surface area contributed by atoms with Crippen molar-refractivity contribution >= 4 is 0 Å². The first kappa shape index (κ1) is 5.10.